The largest absolute Gasteiger partial charge is 0.469 e. The molecule has 2 rings (SSSR count). The van der Waals surface area contributed by atoms with E-state index in [1.54, 1.807) is 0 Å². The van der Waals surface area contributed by atoms with Gasteiger partial charge in [0.25, 0.3) is 0 Å². The fourth-order valence-corrected chi connectivity index (χ4v) is 3.57. The molecular formula is C13H22O2. The van der Waals surface area contributed by atoms with Crippen LogP contribution in [0.3, 0.4) is 0 Å². The molecule has 86 valence electrons. The highest BCUT2D eigenvalue weighted by atomic mass is 16.5. The van der Waals surface area contributed by atoms with E-state index < -0.39 is 0 Å². The highest BCUT2D eigenvalue weighted by molar-refractivity contribution is 5.72. The lowest BCUT2D eigenvalue weighted by molar-refractivity contribution is -0.148. The first kappa shape index (κ1) is 11.0. The first-order chi connectivity index (χ1) is 7.26. The van der Waals surface area contributed by atoms with Crippen molar-refractivity contribution >= 4 is 5.97 Å². The molecule has 0 aliphatic heterocycles. The van der Waals surface area contributed by atoms with Crippen molar-refractivity contribution in [3.63, 3.8) is 0 Å². The van der Waals surface area contributed by atoms with Gasteiger partial charge in [-0.15, -0.1) is 0 Å². The summed E-state index contributed by atoms with van der Waals surface area (Å²) in [5.41, 5.74) is 0.509. The molecular weight excluding hydrogens is 188 g/mol. The highest BCUT2D eigenvalue weighted by Gasteiger charge is 2.39. The molecule has 2 aliphatic carbocycles. The lowest BCUT2D eigenvalue weighted by atomic mass is 9.62. The van der Waals surface area contributed by atoms with Crippen LogP contribution < -0.4 is 0 Å². The van der Waals surface area contributed by atoms with E-state index in [2.05, 4.69) is 0 Å². The molecule has 0 aromatic carbocycles. The monoisotopic (exact) mass is 210 g/mol. The zero-order valence-corrected chi connectivity index (χ0v) is 9.76. The SMILES string of the molecule is COC(=O)C1CCCC2(CCCCC2)C1. The van der Waals surface area contributed by atoms with Crippen molar-refractivity contribution in [2.24, 2.45) is 11.3 Å². The second-order valence-electron chi connectivity index (χ2n) is 5.38. The maximum atomic E-state index is 11.6. The van der Waals surface area contributed by atoms with Crippen molar-refractivity contribution in [1.82, 2.24) is 0 Å². The molecule has 2 heteroatoms. The number of rotatable bonds is 1. The zero-order valence-electron chi connectivity index (χ0n) is 9.76. The average Bonchev–Trinajstić information content (AvgIpc) is 2.29. The molecule has 1 unspecified atom stereocenters. The van der Waals surface area contributed by atoms with Crippen LogP contribution in [0.1, 0.15) is 57.8 Å². The minimum Gasteiger partial charge on any atom is -0.469 e. The number of methoxy groups -OCH3 is 1. The third-order valence-electron chi connectivity index (χ3n) is 4.39. The molecule has 0 radical (unpaired) electrons. The Balaban J connectivity index is 1.99. The summed E-state index contributed by atoms with van der Waals surface area (Å²) in [4.78, 5) is 11.6. The molecule has 0 aromatic heterocycles. The maximum Gasteiger partial charge on any atom is 0.308 e. The summed E-state index contributed by atoms with van der Waals surface area (Å²) >= 11 is 0. The van der Waals surface area contributed by atoms with E-state index in [1.807, 2.05) is 0 Å². The van der Waals surface area contributed by atoms with Gasteiger partial charge in [-0.2, -0.15) is 0 Å². The molecule has 1 atom stereocenters. The number of hydrogen-bond acceptors (Lipinski definition) is 2. The Hall–Kier alpha value is -0.530. The van der Waals surface area contributed by atoms with Crippen molar-refractivity contribution in [2.75, 3.05) is 7.11 Å². The fourth-order valence-electron chi connectivity index (χ4n) is 3.57. The smallest absolute Gasteiger partial charge is 0.308 e. The molecule has 0 saturated heterocycles. The molecule has 2 saturated carbocycles. The molecule has 2 nitrogen and oxygen atoms in total. The highest BCUT2D eigenvalue weighted by Crippen LogP contribution is 2.49. The predicted molar refractivity (Wildman–Crippen MR) is 59.5 cm³/mol. The van der Waals surface area contributed by atoms with E-state index >= 15 is 0 Å². The standard InChI is InChI=1S/C13H22O2/c1-15-12(14)11-6-5-9-13(10-11)7-3-2-4-8-13/h11H,2-10H2,1H3. The van der Waals surface area contributed by atoms with E-state index in [1.165, 1.54) is 52.1 Å². The van der Waals surface area contributed by atoms with E-state index in [0.717, 1.165) is 12.8 Å². The number of esters is 1. The van der Waals surface area contributed by atoms with Crippen LogP contribution >= 0.6 is 0 Å². The molecule has 2 aliphatic rings. The molecule has 15 heavy (non-hydrogen) atoms. The van der Waals surface area contributed by atoms with Crippen LogP contribution in [0.5, 0.6) is 0 Å². The normalized spacial score (nSPS) is 30.1. The summed E-state index contributed by atoms with van der Waals surface area (Å²) in [6, 6.07) is 0. The third-order valence-corrected chi connectivity index (χ3v) is 4.39. The topological polar surface area (TPSA) is 26.3 Å². The molecule has 0 bridgehead atoms. The summed E-state index contributed by atoms with van der Waals surface area (Å²) in [7, 11) is 1.52. The van der Waals surface area contributed by atoms with Gasteiger partial charge in [-0.05, 0) is 37.5 Å². The Bertz CT molecular complexity index is 223. The molecule has 0 N–H and O–H groups in total. The lowest BCUT2D eigenvalue weighted by Crippen LogP contribution is -2.34. The molecule has 0 amide bonds. The Labute approximate surface area is 92.4 Å². The van der Waals surface area contributed by atoms with Gasteiger partial charge in [0, 0.05) is 0 Å². The van der Waals surface area contributed by atoms with Crippen molar-refractivity contribution in [1.29, 1.82) is 0 Å². The quantitative estimate of drug-likeness (QED) is 0.621. The zero-order chi connectivity index (χ0) is 10.7. The first-order valence-corrected chi connectivity index (χ1v) is 6.34. The van der Waals surface area contributed by atoms with Gasteiger partial charge >= 0.3 is 5.97 Å². The van der Waals surface area contributed by atoms with Gasteiger partial charge in [-0.1, -0.05) is 25.7 Å². The molecule has 1 spiro atoms. The number of ether oxygens (including phenoxy) is 1. The summed E-state index contributed by atoms with van der Waals surface area (Å²) in [6.07, 6.45) is 11.5. The van der Waals surface area contributed by atoms with Gasteiger partial charge in [-0.25, -0.2) is 0 Å². The Morgan fingerprint density at radius 2 is 1.80 bits per heavy atom. The Kier molecular flexibility index (Phi) is 3.32. The van der Waals surface area contributed by atoms with Gasteiger partial charge in [0.15, 0.2) is 0 Å². The summed E-state index contributed by atoms with van der Waals surface area (Å²) in [6.45, 7) is 0. The second-order valence-corrected chi connectivity index (χ2v) is 5.38. The van der Waals surface area contributed by atoms with Crippen molar-refractivity contribution in [2.45, 2.75) is 57.8 Å². The van der Waals surface area contributed by atoms with Crippen molar-refractivity contribution < 1.29 is 9.53 Å². The second kappa shape index (κ2) is 4.54. The van der Waals surface area contributed by atoms with E-state index in [4.69, 9.17) is 4.74 Å². The van der Waals surface area contributed by atoms with E-state index in [-0.39, 0.29) is 11.9 Å². The third kappa shape index (κ3) is 2.35. The van der Waals surface area contributed by atoms with Gasteiger partial charge < -0.3 is 4.74 Å². The van der Waals surface area contributed by atoms with E-state index in [0.29, 0.717) is 5.41 Å². The van der Waals surface area contributed by atoms with Crippen molar-refractivity contribution in [3.8, 4) is 0 Å². The van der Waals surface area contributed by atoms with Gasteiger partial charge in [0.05, 0.1) is 13.0 Å². The number of hydrogen-bond donors (Lipinski definition) is 0. The minimum atomic E-state index is 0.0275. The lowest BCUT2D eigenvalue weighted by Gasteiger charge is -2.42. The van der Waals surface area contributed by atoms with Crippen molar-refractivity contribution in [3.05, 3.63) is 0 Å². The average molecular weight is 210 g/mol. The van der Waals surface area contributed by atoms with Crippen LogP contribution in [0.25, 0.3) is 0 Å². The van der Waals surface area contributed by atoms with Crippen LogP contribution in [0.15, 0.2) is 0 Å². The van der Waals surface area contributed by atoms with Crippen LogP contribution in [-0.4, -0.2) is 13.1 Å². The number of carbonyl (C=O) groups is 1. The number of carbonyl (C=O) groups excluding carboxylic acids is 1. The maximum absolute atomic E-state index is 11.6. The fraction of sp³-hybridized carbons (Fsp3) is 0.923. The molecule has 0 heterocycles. The molecule has 2 fully saturated rings. The summed E-state index contributed by atoms with van der Waals surface area (Å²) in [5, 5.41) is 0. The van der Waals surface area contributed by atoms with Gasteiger partial charge in [0.2, 0.25) is 0 Å². The van der Waals surface area contributed by atoms with E-state index in [9.17, 15) is 4.79 Å². The van der Waals surface area contributed by atoms with Gasteiger partial charge in [-0.3, -0.25) is 4.79 Å². The van der Waals surface area contributed by atoms with Crippen LogP contribution in [0, 0.1) is 11.3 Å². The summed E-state index contributed by atoms with van der Waals surface area (Å²) < 4.78 is 4.88. The summed E-state index contributed by atoms with van der Waals surface area (Å²) in [5.74, 6) is 0.224. The van der Waals surface area contributed by atoms with Crippen LogP contribution in [-0.2, 0) is 9.53 Å². The van der Waals surface area contributed by atoms with Crippen LogP contribution in [0.2, 0.25) is 0 Å². The van der Waals surface area contributed by atoms with Gasteiger partial charge in [0.1, 0.15) is 0 Å². The first-order valence-electron chi connectivity index (χ1n) is 6.34. The Morgan fingerprint density at radius 3 is 2.47 bits per heavy atom. The Morgan fingerprint density at radius 1 is 1.13 bits per heavy atom. The molecule has 0 aromatic rings. The van der Waals surface area contributed by atoms with Crippen LogP contribution in [0.4, 0.5) is 0 Å². The minimum absolute atomic E-state index is 0.0275. The predicted octanol–water partition coefficient (Wildman–Crippen LogP) is 3.30.